The first-order valence-electron chi connectivity index (χ1n) is 8.91. The third-order valence-corrected chi connectivity index (χ3v) is 4.41. The van der Waals surface area contributed by atoms with Gasteiger partial charge in [-0.15, -0.1) is 5.10 Å². The Hall–Kier alpha value is -3.53. The number of likely N-dealkylation sites (N-methyl/N-ethyl adjacent to an activating group) is 1. The van der Waals surface area contributed by atoms with E-state index in [0.717, 1.165) is 16.3 Å². The lowest BCUT2D eigenvalue weighted by Crippen LogP contribution is -2.37. The molecular formula is C19H19ClN6O4. The van der Waals surface area contributed by atoms with E-state index in [2.05, 4.69) is 20.4 Å². The van der Waals surface area contributed by atoms with Crippen LogP contribution < -0.4 is 5.32 Å². The summed E-state index contributed by atoms with van der Waals surface area (Å²) in [5.41, 5.74) is 1.93. The summed E-state index contributed by atoms with van der Waals surface area (Å²) in [5, 5.41) is 7.04. The van der Waals surface area contributed by atoms with Crippen LogP contribution in [-0.2, 0) is 14.3 Å². The Balaban J connectivity index is 1.54. The quantitative estimate of drug-likeness (QED) is 0.590. The van der Waals surface area contributed by atoms with Gasteiger partial charge in [-0.05, 0) is 32.0 Å². The van der Waals surface area contributed by atoms with Crippen LogP contribution in [0.25, 0.3) is 5.78 Å². The minimum Gasteiger partial charge on any atom is -0.450 e. The number of anilines is 1. The summed E-state index contributed by atoms with van der Waals surface area (Å²) in [6, 6.07) is 8.53. The molecule has 0 saturated carbocycles. The molecule has 0 fully saturated rings. The van der Waals surface area contributed by atoms with Gasteiger partial charge in [-0.25, -0.2) is 14.3 Å². The summed E-state index contributed by atoms with van der Waals surface area (Å²) in [7, 11) is 1.42. The Morgan fingerprint density at radius 1 is 1.20 bits per heavy atom. The maximum absolute atomic E-state index is 12.2. The van der Waals surface area contributed by atoms with Crippen molar-refractivity contribution in [2.45, 2.75) is 13.8 Å². The molecule has 1 aromatic carbocycles. The number of esters is 1. The molecule has 2 aromatic heterocycles. The second-order valence-electron chi connectivity index (χ2n) is 6.54. The van der Waals surface area contributed by atoms with Gasteiger partial charge in [0.2, 0.25) is 5.91 Å². The number of nitrogens with zero attached hydrogens (tertiary/aromatic N) is 5. The van der Waals surface area contributed by atoms with E-state index >= 15 is 0 Å². The smallest absolute Gasteiger partial charge is 0.378 e. The summed E-state index contributed by atoms with van der Waals surface area (Å²) in [6.07, 6.45) is 0. The molecular weight excluding hydrogens is 412 g/mol. The van der Waals surface area contributed by atoms with E-state index in [1.807, 2.05) is 0 Å². The summed E-state index contributed by atoms with van der Waals surface area (Å²) in [6.45, 7) is 2.81. The van der Waals surface area contributed by atoms with Crippen LogP contribution in [-0.4, -0.2) is 62.5 Å². The molecule has 3 aromatic rings. The molecule has 3 rings (SSSR count). The third-order valence-electron chi connectivity index (χ3n) is 4.08. The maximum Gasteiger partial charge on any atom is 0.378 e. The van der Waals surface area contributed by atoms with Gasteiger partial charge in [0.05, 0.1) is 17.3 Å². The molecule has 0 atom stereocenters. The number of aromatic nitrogens is 4. The largest absolute Gasteiger partial charge is 0.450 e. The molecule has 156 valence electrons. The number of nitrogens with one attached hydrogen (secondary N) is 1. The van der Waals surface area contributed by atoms with Gasteiger partial charge in [-0.2, -0.15) is 4.98 Å². The van der Waals surface area contributed by atoms with Gasteiger partial charge in [0.25, 0.3) is 17.5 Å². The summed E-state index contributed by atoms with van der Waals surface area (Å²) in [4.78, 5) is 45.8. The monoisotopic (exact) mass is 430 g/mol. The summed E-state index contributed by atoms with van der Waals surface area (Å²) in [5.74, 6) is -1.81. The third kappa shape index (κ3) is 4.90. The van der Waals surface area contributed by atoms with Crippen molar-refractivity contribution < 1.29 is 19.1 Å². The molecule has 0 aliphatic heterocycles. The highest BCUT2D eigenvalue weighted by atomic mass is 35.5. The van der Waals surface area contributed by atoms with Crippen LogP contribution in [0.1, 0.15) is 22.0 Å². The number of benzene rings is 1. The number of carbonyl (C=O) groups is 3. The van der Waals surface area contributed by atoms with Gasteiger partial charge >= 0.3 is 5.97 Å². The number of hydrogen-bond donors (Lipinski definition) is 1. The molecule has 0 saturated heterocycles. The van der Waals surface area contributed by atoms with Crippen molar-refractivity contribution in [1.82, 2.24) is 24.5 Å². The lowest BCUT2D eigenvalue weighted by atomic mass is 10.3. The zero-order valence-electron chi connectivity index (χ0n) is 16.5. The van der Waals surface area contributed by atoms with Gasteiger partial charge in [0.1, 0.15) is 0 Å². The Morgan fingerprint density at radius 3 is 2.67 bits per heavy atom. The molecule has 30 heavy (non-hydrogen) atoms. The Labute approximate surface area is 176 Å². The van der Waals surface area contributed by atoms with Crippen LogP contribution in [0.2, 0.25) is 5.02 Å². The first-order chi connectivity index (χ1) is 14.2. The van der Waals surface area contributed by atoms with Crippen LogP contribution in [0.4, 0.5) is 5.69 Å². The minimum absolute atomic E-state index is 0.205. The van der Waals surface area contributed by atoms with E-state index in [1.54, 1.807) is 44.2 Å². The van der Waals surface area contributed by atoms with Gasteiger partial charge in [0, 0.05) is 18.4 Å². The van der Waals surface area contributed by atoms with Crippen molar-refractivity contribution in [2.75, 3.05) is 25.5 Å². The molecule has 1 N–H and O–H groups in total. The van der Waals surface area contributed by atoms with Crippen molar-refractivity contribution >= 4 is 40.8 Å². The predicted octanol–water partition coefficient (Wildman–Crippen LogP) is 1.65. The zero-order chi connectivity index (χ0) is 21.8. The lowest BCUT2D eigenvalue weighted by Gasteiger charge is -2.16. The minimum atomic E-state index is -0.861. The van der Waals surface area contributed by atoms with Crippen molar-refractivity contribution in [3.05, 3.63) is 52.6 Å². The second-order valence-corrected chi connectivity index (χ2v) is 6.95. The fourth-order valence-electron chi connectivity index (χ4n) is 2.61. The Kier molecular flexibility index (Phi) is 6.26. The first kappa shape index (κ1) is 21.2. The Morgan fingerprint density at radius 2 is 1.93 bits per heavy atom. The molecule has 0 radical (unpaired) electrons. The molecule has 0 aliphatic carbocycles. The molecule has 0 bridgehead atoms. The van der Waals surface area contributed by atoms with Gasteiger partial charge in [-0.1, -0.05) is 23.7 Å². The number of hydrogen-bond acceptors (Lipinski definition) is 7. The molecule has 11 heteroatoms. The van der Waals surface area contributed by atoms with Gasteiger partial charge in [0.15, 0.2) is 6.61 Å². The van der Waals surface area contributed by atoms with Crippen LogP contribution in [0.3, 0.4) is 0 Å². The van der Waals surface area contributed by atoms with E-state index in [0.29, 0.717) is 10.7 Å². The molecule has 2 heterocycles. The summed E-state index contributed by atoms with van der Waals surface area (Å²) >= 11 is 5.99. The van der Waals surface area contributed by atoms with Gasteiger partial charge < -0.3 is 15.0 Å². The van der Waals surface area contributed by atoms with Crippen molar-refractivity contribution in [3.63, 3.8) is 0 Å². The van der Waals surface area contributed by atoms with Crippen LogP contribution in [0.15, 0.2) is 30.3 Å². The average Bonchev–Trinajstić information content (AvgIpc) is 3.12. The number of halogens is 1. The fraction of sp³-hybridized carbons (Fsp3) is 0.263. The fourth-order valence-corrected chi connectivity index (χ4v) is 2.79. The van der Waals surface area contributed by atoms with Crippen LogP contribution in [0, 0.1) is 13.8 Å². The van der Waals surface area contributed by atoms with Crippen molar-refractivity contribution in [3.8, 4) is 0 Å². The molecule has 0 spiro atoms. The number of para-hydroxylation sites is 1. The number of ether oxygens (including phenoxy) is 1. The average molecular weight is 431 g/mol. The van der Waals surface area contributed by atoms with Crippen molar-refractivity contribution in [1.29, 1.82) is 0 Å². The molecule has 10 nitrogen and oxygen atoms in total. The number of fused-ring (bicyclic) bond motifs is 1. The topological polar surface area (TPSA) is 119 Å². The highest BCUT2D eigenvalue weighted by Gasteiger charge is 2.20. The Bertz CT molecular complexity index is 1130. The normalized spacial score (nSPS) is 10.7. The highest BCUT2D eigenvalue weighted by molar-refractivity contribution is 6.33. The first-order valence-corrected chi connectivity index (χ1v) is 9.29. The van der Waals surface area contributed by atoms with Crippen LogP contribution >= 0.6 is 11.6 Å². The highest BCUT2D eigenvalue weighted by Crippen LogP contribution is 2.20. The molecule has 0 aliphatic rings. The van der Waals surface area contributed by atoms with E-state index in [-0.39, 0.29) is 18.1 Å². The number of aryl methyl sites for hydroxylation is 2. The second kappa shape index (κ2) is 8.87. The number of rotatable bonds is 6. The van der Waals surface area contributed by atoms with E-state index < -0.39 is 24.4 Å². The number of amides is 2. The molecule has 0 unspecified atom stereocenters. The molecule has 2 amide bonds. The van der Waals surface area contributed by atoms with Gasteiger partial charge in [-0.3, -0.25) is 9.59 Å². The van der Waals surface area contributed by atoms with E-state index in [1.165, 1.54) is 11.6 Å². The van der Waals surface area contributed by atoms with E-state index in [4.69, 9.17) is 16.3 Å². The standard InChI is InChI=1S/C19H19ClN6O4/c1-11-8-12(2)26-19(21-11)23-17(24-26)18(29)30-10-16(28)25(3)9-15(27)22-14-7-5-4-6-13(14)20/h4-8H,9-10H2,1-3H3,(H,22,27). The van der Waals surface area contributed by atoms with Crippen LogP contribution in [0.5, 0.6) is 0 Å². The predicted molar refractivity (Wildman–Crippen MR) is 108 cm³/mol. The summed E-state index contributed by atoms with van der Waals surface area (Å²) < 4.78 is 6.39. The van der Waals surface area contributed by atoms with E-state index in [9.17, 15) is 14.4 Å². The van der Waals surface area contributed by atoms with Crippen molar-refractivity contribution in [2.24, 2.45) is 0 Å². The lowest BCUT2D eigenvalue weighted by molar-refractivity contribution is -0.136. The zero-order valence-corrected chi connectivity index (χ0v) is 17.3. The maximum atomic E-state index is 12.2. The number of carbonyl (C=O) groups excluding carboxylic acids is 3. The SMILES string of the molecule is Cc1cc(C)n2nc(C(=O)OCC(=O)N(C)CC(=O)Nc3ccccc3Cl)nc2n1.